The smallest absolute Gasteiger partial charge is 0.241 e. The lowest BCUT2D eigenvalue weighted by atomic mass is 10.2. The van der Waals surface area contributed by atoms with Gasteiger partial charge in [-0.05, 0) is 18.2 Å². The minimum atomic E-state index is -3.59. The van der Waals surface area contributed by atoms with Gasteiger partial charge in [0.05, 0.1) is 25.2 Å². The molecule has 0 atom stereocenters. The molecule has 0 aliphatic heterocycles. The molecule has 0 spiro atoms. The first-order valence-electron chi connectivity index (χ1n) is 9.34. The lowest BCUT2D eigenvalue weighted by Gasteiger charge is -2.11. The van der Waals surface area contributed by atoms with Gasteiger partial charge < -0.3 is 14.8 Å². The lowest BCUT2D eigenvalue weighted by Crippen LogP contribution is -2.33. The summed E-state index contributed by atoms with van der Waals surface area (Å²) in [6.45, 7) is 2.39. The minimum Gasteiger partial charge on any atom is -0.496 e. The molecular formula is C21H25N3O4S. The van der Waals surface area contributed by atoms with Gasteiger partial charge in [0.25, 0.3) is 0 Å². The number of methoxy groups -OCH3 is 1. The van der Waals surface area contributed by atoms with Crippen LogP contribution in [-0.4, -0.2) is 46.8 Å². The van der Waals surface area contributed by atoms with E-state index < -0.39 is 10.0 Å². The highest BCUT2D eigenvalue weighted by Crippen LogP contribution is 2.21. The standard InChI is InChI=1S/C21H25N3O4S/c1-27-20-7-3-2-5-18(20)16-28-14-13-22-11-12-24-29(25,26)21-8-4-6-17-15-23-10-9-19(17)21/h2-10,15,22,24H,11-14,16H2,1H3. The minimum absolute atomic E-state index is 0.262. The Kier molecular flexibility index (Phi) is 7.54. The Morgan fingerprint density at radius 3 is 2.72 bits per heavy atom. The highest BCUT2D eigenvalue weighted by Gasteiger charge is 2.16. The fraction of sp³-hybridized carbons (Fsp3) is 0.286. The van der Waals surface area contributed by atoms with Crippen LogP contribution in [-0.2, 0) is 21.4 Å². The quantitative estimate of drug-likeness (QED) is 0.467. The van der Waals surface area contributed by atoms with E-state index in [0.29, 0.717) is 31.7 Å². The van der Waals surface area contributed by atoms with E-state index in [1.165, 1.54) is 0 Å². The summed E-state index contributed by atoms with van der Waals surface area (Å²) in [5, 5.41) is 4.62. The summed E-state index contributed by atoms with van der Waals surface area (Å²) in [4.78, 5) is 4.29. The van der Waals surface area contributed by atoms with Crippen molar-refractivity contribution < 1.29 is 17.9 Å². The predicted octanol–water partition coefficient (Wildman–Crippen LogP) is 2.33. The van der Waals surface area contributed by atoms with E-state index in [9.17, 15) is 8.42 Å². The van der Waals surface area contributed by atoms with Crippen molar-refractivity contribution in [2.24, 2.45) is 0 Å². The zero-order chi connectivity index (χ0) is 20.5. The van der Waals surface area contributed by atoms with Gasteiger partial charge in [-0.3, -0.25) is 4.98 Å². The maximum Gasteiger partial charge on any atom is 0.241 e. The number of nitrogens with one attached hydrogen (secondary N) is 2. The van der Waals surface area contributed by atoms with Crippen molar-refractivity contribution in [3.05, 3.63) is 66.5 Å². The number of para-hydroxylation sites is 1. The second kappa shape index (κ2) is 10.3. The zero-order valence-electron chi connectivity index (χ0n) is 16.3. The van der Waals surface area contributed by atoms with Gasteiger partial charge in [0.15, 0.2) is 0 Å². The normalized spacial score (nSPS) is 11.6. The summed E-state index contributed by atoms with van der Waals surface area (Å²) in [6.07, 6.45) is 3.24. The van der Waals surface area contributed by atoms with Crippen LogP contribution in [0, 0.1) is 0 Å². The van der Waals surface area contributed by atoms with Crippen LogP contribution in [0.1, 0.15) is 5.56 Å². The van der Waals surface area contributed by atoms with E-state index in [-0.39, 0.29) is 11.4 Å². The topological polar surface area (TPSA) is 89.5 Å². The molecule has 1 heterocycles. The fourth-order valence-electron chi connectivity index (χ4n) is 2.95. The van der Waals surface area contributed by atoms with Gasteiger partial charge in [0, 0.05) is 48.4 Å². The Balaban J connectivity index is 1.39. The number of benzene rings is 2. The Morgan fingerprint density at radius 2 is 1.86 bits per heavy atom. The molecule has 154 valence electrons. The molecule has 0 fully saturated rings. The summed E-state index contributed by atoms with van der Waals surface area (Å²) < 4.78 is 38.8. The largest absolute Gasteiger partial charge is 0.496 e. The van der Waals surface area contributed by atoms with Crippen molar-refractivity contribution in [2.45, 2.75) is 11.5 Å². The van der Waals surface area contributed by atoms with Crippen molar-refractivity contribution in [1.29, 1.82) is 0 Å². The summed E-state index contributed by atoms with van der Waals surface area (Å²) in [5.41, 5.74) is 0.994. The van der Waals surface area contributed by atoms with E-state index >= 15 is 0 Å². The molecular weight excluding hydrogens is 390 g/mol. The molecule has 0 saturated carbocycles. The van der Waals surface area contributed by atoms with Crippen LogP contribution in [0.3, 0.4) is 0 Å². The third-order valence-corrected chi connectivity index (χ3v) is 5.92. The average Bonchev–Trinajstić information content (AvgIpc) is 2.75. The monoisotopic (exact) mass is 415 g/mol. The first-order valence-corrected chi connectivity index (χ1v) is 10.8. The van der Waals surface area contributed by atoms with Crippen LogP contribution in [0.25, 0.3) is 10.8 Å². The van der Waals surface area contributed by atoms with Crippen molar-refractivity contribution in [2.75, 3.05) is 33.4 Å². The van der Waals surface area contributed by atoms with E-state index in [2.05, 4.69) is 15.0 Å². The summed E-state index contributed by atoms with van der Waals surface area (Å²) in [6, 6.07) is 14.6. The molecule has 0 radical (unpaired) electrons. The highest BCUT2D eigenvalue weighted by atomic mass is 32.2. The molecule has 7 nitrogen and oxygen atoms in total. The maximum absolute atomic E-state index is 12.6. The number of sulfonamides is 1. The van der Waals surface area contributed by atoms with Crippen LogP contribution >= 0.6 is 0 Å². The van der Waals surface area contributed by atoms with Gasteiger partial charge in [-0.25, -0.2) is 13.1 Å². The van der Waals surface area contributed by atoms with Crippen molar-refractivity contribution in [1.82, 2.24) is 15.0 Å². The Bertz CT molecular complexity index is 1040. The van der Waals surface area contributed by atoms with Crippen molar-refractivity contribution in [3.63, 3.8) is 0 Å². The molecule has 0 aliphatic carbocycles. The fourth-order valence-corrected chi connectivity index (χ4v) is 4.21. The first kappa shape index (κ1) is 21.2. The van der Waals surface area contributed by atoms with E-state index in [0.717, 1.165) is 16.7 Å². The Hall–Kier alpha value is -2.52. The third-order valence-electron chi connectivity index (χ3n) is 4.40. The predicted molar refractivity (Wildman–Crippen MR) is 112 cm³/mol. The summed E-state index contributed by atoms with van der Waals surface area (Å²) in [7, 11) is -1.96. The molecule has 0 unspecified atom stereocenters. The average molecular weight is 416 g/mol. The van der Waals surface area contributed by atoms with Gasteiger partial charge in [0.1, 0.15) is 5.75 Å². The number of rotatable bonds is 11. The molecule has 0 bridgehead atoms. The molecule has 2 aromatic carbocycles. The molecule has 0 saturated heterocycles. The summed E-state index contributed by atoms with van der Waals surface area (Å²) >= 11 is 0. The highest BCUT2D eigenvalue weighted by molar-refractivity contribution is 7.89. The number of nitrogens with zero attached hydrogens (tertiary/aromatic N) is 1. The number of hydrogen-bond acceptors (Lipinski definition) is 6. The number of aromatic nitrogens is 1. The van der Waals surface area contributed by atoms with Gasteiger partial charge in [-0.15, -0.1) is 0 Å². The van der Waals surface area contributed by atoms with E-state index in [1.54, 1.807) is 37.7 Å². The van der Waals surface area contributed by atoms with Gasteiger partial charge in [0.2, 0.25) is 10.0 Å². The number of ether oxygens (including phenoxy) is 2. The van der Waals surface area contributed by atoms with Crippen LogP contribution < -0.4 is 14.8 Å². The molecule has 3 aromatic rings. The van der Waals surface area contributed by atoms with Crippen molar-refractivity contribution in [3.8, 4) is 5.75 Å². The van der Waals surface area contributed by atoms with Crippen LogP contribution in [0.2, 0.25) is 0 Å². The zero-order valence-corrected chi connectivity index (χ0v) is 17.1. The van der Waals surface area contributed by atoms with Crippen LogP contribution in [0.5, 0.6) is 5.75 Å². The van der Waals surface area contributed by atoms with Gasteiger partial charge >= 0.3 is 0 Å². The molecule has 1 aromatic heterocycles. The second-order valence-corrected chi connectivity index (χ2v) is 8.10. The third kappa shape index (κ3) is 5.74. The Labute approximate surface area is 171 Å². The van der Waals surface area contributed by atoms with Crippen LogP contribution in [0.4, 0.5) is 0 Å². The maximum atomic E-state index is 12.6. The molecule has 0 amide bonds. The second-order valence-electron chi connectivity index (χ2n) is 6.37. The van der Waals surface area contributed by atoms with E-state index in [4.69, 9.17) is 9.47 Å². The van der Waals surface area contributed by atoms with Crippen molar-refractivity contribution >= 4 is 20.8 Å². The number of pyridine rings is 1. The molecule has 29 heavy (non-hydrogen) atoms. The molecule has 2 N–H and O–H groups in total. The van der Waals surface area contributed by atoms with Gasteiger partial charge in [-0.1, -0.05) is 30.3 Å². The molecule has 3 rings (SSSR count). The van der Waals surface area contributed by atoms with Crippen LogP contribution in [0.15, 0.2) is 65.8 Å². The SMILES string of the molecule is COc1ccccc1COCCNCCNS(=O)(=O)c1cccc2cnccc12. The first-order chi connectivity index (χ1) is 14.1. The number of fused-ring (bicyclic) bond motifs is 1. The molecule has 0 aliphatic rings. The van der Waals surface area contributed by atoms with Gasteiger partial charge in [-0.2, -0.15) is 0 Å². The Morgan fingerprint density at radius 1 is 1.00 bits per heavy atom. The molecule has 8 heteroatoms. The van der Waals surface area contributed by atoms with E-state index in [1.807, 2.05) is 30.3 Å². The number of hydrogen-bond donors (Lipinski definition) is 2. The summed E-state index contributed by atoms with van der Waals surface area (Å²) in [5.74, 6) is 0.805. The lowest BCUT2D eigenvalue weighted by molar-refractivity contribution is 0.121.